The largest absolute Gasteiger partial charge is 0.478 e. The quantitative estimate of drug-likeness (QED) is 0.633. The van der Waals surface area contributed by atoms with Gasteiger partial charge in [0.05, 0.1) is 12.1 Å². The van der Waals surface area contributed by atoms with Crippen molar-refractivity contribution < 1.29 is 19.4 Å². The number of carboxylic acids is 1. The number of ether oxygens (including phenoxy) is 1. The first kappa shape index (κ1) is 16.5. The number of hydrogen-bond acceptors (Lipinski definition) is 7. The number of nitrogen functional groups attached to an aromatic ring is 2. The number of likely N-dealkylation sites (N-methyl/N-ethyl adjacent to an activating group) is 1. The van der Waals surface area contributed by atoms with Crippen molar-refractivity contribution in [2.24, 2.45) is 0 Å². The number of carbonyl (C=O) groups excluding carboxylic acids is 1. The van der Waals surface area contributed by atoms with E-state index in [9.17, 15) is 9.59 Å². The molecule has 1 aromatic heterocycles. The van der Waals surface area contributed by atoms with Gasteiger partial charge in [0.2, 0.25) is 17.7 Å². The van der Waals surface area contributed by atoms with Gasteiger partial charge in [0, 0.05) is 25.1 Å². The van der Waals surface area contributed by atoms with Gasteiger partial charge in [-0.3, -0.25) is 4.79 Å². The molecule has 1 unspecified atom stereocenters. The highest BCUT2D eigenvalue weighted by Crippen LogP contribution is 2.37. The number of carboxylic acid groups (broad SMARTS) is 1. The molecule has 124 valence electrons. The van der Waals surface area contributed by atoms with Crippen LogP contribution in [0.5, 0.6) is 5.88 Å². The molecule has 0 saturated carbocycles. The fourth-order valence-corrected chi connectivity index (χ4v) is 2.48. The highest BCUT2D eigenvalue weighted by Gasteiger charge is 2.39. The van der Waals surface area contributed by atoms with E-state index in [1.807, 2.05) is 6.92 Å². The zero-order valence-corrected chi connectivity index (χ0v) is 12.9. The van der Waals surface area contributed by atoms with Gasteiger partial charge >= 0.3 is 5.97 Å². The Labute approximate surface area is 132 Å². The molecule has 1 aliphatic rings. The van der Waals surface area contributed by atoms with Gasteiger partial charge in [-0.15, -0.1) is 0 Å². The molecule has 2 rings (SSSR count). The van der Waals surface area contributed by atoms with Crippen molar-refractivity contribution in [2.75, 3.05) is 24.6 Å². The first-order valence-corrected chi connectivity index (χ1v) is 7.05. The number of hydrogen-bond donors (Lipinski definition) is 3. The van der Waals surface area contributed by atoms with Crippen LogP contribution in [0, 0.1) is 0 Å². The predicted octanol–water partition coefficient (Wildman–Crippen LogP) is -0.176. The molecule has 0 spiro atoms. The average Bonchev–Trinajstić information content (AvgIpc) is 2.79. The fraction of sp³-hybridized carbons (Fsp3) is 0.429. The molecule has 0 bridgehead atoms. The number of fused-ring (bicyclic) bond motifs is 1. The van der Waals surface area contributed by atoms with Crippen molar-refractivity contribution in [3.05, 3.63) is 17.7 Å². The third-order valence-electron chi connectivity index (χ3n) is 3.50. The topological polar surface area (TPSA) is 145 Å². The number of carbonyl (C=O) groups is 2. The summed E-state index contributed by atoms with van der Waals surface area (Å²) >= 11 is 0. The number of amides is 1. The Hall–Kier alpha value is -2.84. The molecule has 1 aromatic rings. The van der Waals surface area contributed by atoms with E-state index in [4.69, 9.17) is 21.3 Å². The predicted molar refractivity (Wildman–Crippen MR) is 82.6 cm³/mol. The summed E-state index contributed by atoms with van der Waals surface area (Å²) in [7, 11) is 0. The molecule has 0 aliphatic carbocycles. The molecule has 9 heteroatoms. The van der Waals surface area contributed by atoms with E-state index in [2.05, 4.69) is 9.97 Å². The van der Waals surface area contributed by atoms with Crippen LogP contribution in [0.25, 0.3) is 0 Å². The Morgan fingerprint density at radius 1 is 1.39 bits per heavy atom. The Balaban J connectivity index is 2.14. The van der Waals surface area contributed by atoms with Crippen LogP contribution < -0.4 is 16.2 Å². The minimum atomic E-state index is -1.18. The molecule has 9 nitrogen and oxygen atoms in total. The Bertz CT molecular complexity index is 675. The highest BCUT2D eigenvalue weighted by atomic mass is 16.5. The summed E-state index contributed by atoms with van der Waals surface area (Å²) in [5, 5.41) is 8.60. The van der Waals surface area contributed by atoms with Crippen LogP contribution in [-0.2, 0) is 16.0 Å². The second-order valence-electron chi connectivity index (χ2n) is 5.50. The van der Waals surface area contributed by atoms with Gasteiger partial charge in [-0.2, -0.15) is 9.97 Å². The number of aromatic nitrogens is 2. The lowest BCUT2D eigenvalue weighted by atomic mass is 9.99. The number of nitrogens with zero attached hydrogens (tertiary/aromatic N) is 3. The lowest BCUT2D eigenvalue weighted by Gasteiger charge is -2.30. The Morgan fingerprint density at radius 2 is 2.09 bits per heavy atom. The zero-order valence-electron chi connectivity index (χ0n) is 12.9. The monoisotopic (exact) mass is 321 g/mol. The van der Waals surface area contributed by atoms with Crippen LogP contribution in [0.2, 0.25) is 0 Å². The van der Waals surface area contributed by atoms with Crippen LogP contribution >= 0.6 is 0 Å². The van der Waals surface area contributed by atoms with Crippen LogP contribution in [0.1, 0.15) is 19.4 Å². The molecule has 0 aromatic carbocycles. The SMILES string of the molecule is CCN(CC1(C)Cc2c(N)nc(N)nc2O1)C(=O)C=CC(=O)O. The third-order valence-corrected chi connectivity index (χ3v) is 3.50. The summed E-state index contributed by atoms with van der Waals surface area (Å²) in [4.78, 5) is 32.0. The van der Waals surface area contributed by atoms with Gasteiger partial charge in [0.1, 0.15) is 11.4 Å². The van der Waals surface area contributed by atoms with E-state index in [1.165, 1.54) is 4.90 Å². The minimum Gasteiger partial charge on any atom is -0.478 e. The molecule has 23 heavy (non-hydrogen) atoms. The lowest BCUT2D eigenvalue weighted by molar-refractivity contribution is -0.132. The Morgan fingerprint density at radius 3 is 2.70 bits per heavy atom. The summed E-state index contributed by atoms with van der Waals surface area (Å²) < 4.78 is 5.82. The number of rotatable bonds is 5. The summed E-state index contributed by atoms with van der Waals surface area (Å²) in [5.41, 5.74) is 11.3. The van der Waals surface area contributed by atoms with Crippen LogP contribution in [-0.4, -0.2) is 50.5 Å². The van der Waals surface area contributed by atoms with Crippen molar-refractivity contribution in [3.8, 4) is 5.88 Å². The second-order valence-corrected chi connectivity index (χ2v) is 5.50. The lowest BCUT2D eigenvalue weighted by Crippen LogP contribution is -2.46. The van der Waals surface area contributed by atoms with E-state index in [1.54, 1.807) is 6.92 Å². The number of aliphatic carboxylic acids is 1. The van der Waals surface area contributed by atoms with E-state index in [0.29, 0.717) is 24.4 Å². The summed E-state index contributed by atoms with van der Waals surface area (Å²) in [5.74, 6) is -0.977. The molecular weight excluding hydrogens is 302 g/mol. The van der Waals surface area contributed by atoms with Crippen LogP contribution in [0.4, 0.5) is 11.8 Å². The van der Waals surface area contributed by atoms with E-state index in [0.717, 1.165) is 12.2 Å². The highest BCUT2D eigenvalue weighted by molar-refractivity contribution is 5.93. The maximum Gasteiger partial charge on any atom is 0.328 e. The maximum atomic E-state index is 12.1. The van der Waals surface area contributed by atoms with Gasteiger partial charge in [0.15, 0.2) is 0 Å². The Kier molecular flexibility index (Phi) is 4.39. The van der Waals surface area contributed by atoms with Crippen molar-refractivity contribution >= 4 is 23.6 Å². The molecule has 0 saturated heterocycles. The van der Waals surface area contributed by atoms with Crippen LogP contribution in [0.15, 0.2) is 12.2 Å². The summed E-state index contributed by atoms with van der Waals surface area (Å²) in [6, 6.07) is 0. The fourth-order valence-electron chi connectivity index (χ4n) is 2.48. The zero-order chi connectivity index (χ0) is 17.2. The normalized spacial score (nSPS) is 19.4. The van der Waals surface area contributed by atoms with E-state index >= 15 is 0 Å². The average molecular weight is 321 g/mol. The van der Waals surface area contributed by atoms with E-state index < -0.39 is 17.5 Å². The number of nitrogens with two attached hydrogens (primary N) is 2. The van der Waals surface area contributed by atoms with Crippen molar-refractivity contribution in [2.45, 2.75) is 25.9 Å². The first-order valence-electron chi connectivity index (χ1n) is 7.05. The summed E-state index contributed by atoms with van der Waals surface area (Å²) in [6.07, 6.45) is 2.26. The van der Waals surface area contributed by atoms with Gasteiger partial charge in [-0.1, -0.05) is 0 Å². The smallest absolute Gasteiger partial charge is 0.328 e. The molecule has 5 N–H and O–H groups in total. The van der Waals surface area contributed by atoms with Crippen molar-refractivity contribution in [1.82, 2.24) is 14.9 Å². The summed E-state index contributed by atoms with van der Waals surface area (Å²) in [6.45, 7) is 4.27. The molecule has 1 aliphatic heterocycles. The standard InChI is InChI=1S/C14H19N5O4/c1-3-19(9(20)4-5-10(21)22)7-14(2)6-8-11(15)17-13(16)18-12(8)23-14/h4-5H,3,6-7H2,1-2H3,(H,21,22)(H4,15,16,17,18). The third kappa shape index (κ3) is 3.68. The van der Waals surface area contributed by atoms with Gasteiger partial charge < -0.3 is 26.2 Å². The van der Waals surface area contributed by atoms with Gasteiger partial charge in [-0.25, -0.2) is 4.79 Å². The minimum absolute atomic E-state index is 0.0262. The van der Waals surface area contributed by atoms with Crippen molar-refractivity contribution in [1.29, 1.82) is 0 Å². The molecule has 1 atom stereocenters. The van der Waals surface area contributed by atoms with Crippen molar-refractivity contribution in [3.63, 3.8) is 0 Å². The second kappa shape index (κ2) is 6.11. The molecular formula is C14H19N5O4. The van der Waals surface area contributed by atoms with E-state index in [-0.39, 0.29) is 18.3 Å². The van der Waals surface area contributed by atoms with Gasteiger partial charge in [0.25, 0.3) is 0 Å². The molecule has 2 heterocycles. The number of anilines is 2. The molecule has 1 amide bonds. The first-order chi connectivity index (χ1) is 10.7. The maximum absolute atomic E-state index is 12.1. The molecule has 0 fully saturated rings. The van der Waals surface area contributed by atoms with Gasteiger partial charge in [-0.05, 0) is 13.8 Å². The van der Waals surface area contributed by atoms with Crippen LogP contribution in [0.3, 0.4) is 0 Å². The molecule has 0 radical (unpaired) electrons.